The highest BCUT2D eigenvalue weighted by atomic mass is 32.2. The molecule has 0 saturated carbocycles. The molecule has 0 spiro atoms. The van der Waals surface area contributed by atoms with Crippen LogP contribution in [0.3, 0.4) is 0 Å². The number of hydrogen-bond donors (Lipinski definition) is 1. The second-order valence-corrected chi connectivity index (χ2v) is 5.22. The van der Waals surface area contributed by atoms with Gasteiger partial charge in [0.25, 0.3) is 5.56 Å². The molecular formula is C14H13FN2O3S. The number of rotatable bonds is 5. The lowest BCUT2D eigenvalue weighted by atomic mass is 10.1. The summed E-state index contributed by atoms with van der Waals surface area (Å²) in [6, 6.07) is 5.40. The molecule has 2 aromatic rings. The lowest BCUT2D eigenvalue weighted by Crippen LogP contribution is -2.10. The van der Waals surface area contributed by atoms with Gasteiger partial charge in [0.05, 0.1) is 12.9 Å². The third-order valence-corrected chi connectivity index (χ3v) is 3.54. The van der Waals surface area contributed by atoms with E-state index in [9.17, 15) is 14.0 Å². The van der Waals surface area contributed by atoms with Crippen LogP contribution in [0.2, 0.25) is 0 Å². The molecule has 7 heteroatoms. The van der Waals surface area contributed by atoms with Crippen LogP contribution in [0, 0.1) is 12.7 Å². The van der Waals surface area contributed by atoms with Crippen molar-refractivity contribution in [1.82, 2.24) is 9.97 Å². The minimum atomic E-state index is -0.588. The molecule has 0 fully saturated rings. The van der Waals surface area contributed by atoms with Gasteiger partial charge in [-0.1, -0.05) is 11.8 Å². The van der Waals surface area contributed by atoms with Crippen LogP contribution in [0.1, 0.15) is 16.1 Å². The van der Waals surface area contributed by atoms with E-state index < -0.39 is 5.82 Å². The molecule has 110 valence electrons. The van der Waals surface area contributed by atoms with E-state index >= 15 is 0 Å². The molecule has 2 rings (SSSR count). The SMILES string of the molecule is COc1ccc(C(=O)CSc2nc(C)cc(=O)[nH]2)cc1F. The van der Waals surface area contributed by atoms with Crippen molar-refractivity contribution in [3.8, 4) is 5.75 Å². The van der Waals surface area contributed by atoms with Crippen LogP contribution in [0.4, 0.5) is 4.39 Å². The van der Waals surface area contributed by atoms with Crippen molar-refractivity contribution in [3.63, 3.8) is 0 Å². The summed E-state index contributed by atoms with van der Waals surface area (Å²) in [6.07, 6.45) is 0. The number of benzene rings is 1. The first-order chi connectivity index (χ1) is 9.99. The maximum Gasteiger partial charge on any atom is 0.251 e. The van der Waals surface area contributed by atoms with Crippen LogP contribution in [-0.4, -0.2) is 28.6 Å². The summed E-state index contributed by atoms with van der Waals surface area (Å²) in [4.78, 5) is 29.9. The van der Waals surface area contributed by atoms with E-state index in [0.29, 0.717) is 10.9 Å². The molecule has 1 N–H and O–H groups in total. The fourth-order valence-corrected chi connectivity index (χ4v) is 2.49. The standard InChI is InChI=1S/C14H13FN2O3S/c1-8-5-13(19)17-14(16-8)21-7-11(18)9-3-4-12(20-2)10(15)6-9/h3-6H,7H2,1-2H3,(H,16,17,19). The first kappa shape index (κ1) is 15.2. The molecule has 0 bridgehead atoms. The van der Waals surface area contributed by atoms with Gasteiger partial charge in [0.2, 0.25) is 0 Å². The number of aryl methyl sites for hydroxylation is 1. The van der Waals surface area contributed by atoms with E-state index in [2.05, 4.69) is 9.97 Å². The number of H-pyrrole nitrogens is 1. The van der Waals surface area contributed by atoms with Gasteiger partial charge in [-0.2, -0.15) is 0 Å². The minimum Gasteiger partial charge on any atom is -0.494 e. The van der Waals surface area contributed by atoms with Crippen LogP contribution in [-0.2, 0) is 0 Å². The van der Waals surface area contributed by atoms with Crippen LogP contribution in [0.5, 0.6) is 5.75 Å². The van der Waals surface area contributed by atoms with Crippen molar-refractivity contribution >= 4 is 17.5 Å². The van der Waals surface area contributed by atoms with E-state index in [0.717, 1.165) is 17.8 Å². The second-order valence-electron chi connectivity index (χ2n) is 4.25. The van der Waals surface area contributed by atoms with Gasteiger partial charge >= 0.3 is 0 Å². The predicted molar refractivity (Wildman–Crippen MR) is 77.6 cm³/mol. The van der Waals surface area contributed by atoms with E-state index in [4.69, 9.17) is 4.74 Å². The molecule has 0 aliphatic rings. The molecule has 0 radical (unpaired) electrons. The Labute approximate surface area is 124 Å². The molecule has 0 unspecified atom stereocenters. The Bertz CT molecular complexity index is 730. The van der Waals surface area contributed by atoms with Gasteiger partial charge in [-0.15, -0.1) is 0 Å². The minimum absolute atomic E-state index is 0.0537. The van der Waals surface area contributed by atoms with Gasteiger partial charge in [0.1, 0.15) is 0 Å². The Morgan fingerprint density at radius 3 is 2.81 bits per heavy atom. The number of carbonyl (C=O) groups excluding carboxylic acids is 1. The molecule has 5 nitrogen and oxygen atoms in total. The number of ether oxygens (including phenoxy) is 1. The van der Waals surface area contributed by atoms with Crippen LogP contribution in [0.25, 0.3) is 0 Å². The summed E-state index contributed by atoms with van der Waals surface area (Å²) in [5.41, 5.74) is 0.549. The maximum absolute atomic E-state index is 13.5. The number of Topliss-reactive ketones (excluding diaryl/α,β-unsaturated/α-hetero) is 1. The molecule has 0 saturated heterocycles. The number of methoxy groups -OCH3 is 1. The van der Waals surface area contributed by atoms with Gasteiger partial charge in [-0.05, 0) is 25.1 Å². The fourth-order valence-electron chi connectivity index (χ4n) is 1.68. The van der Waals surface area contributed by atoms with Crippen LogP contribution in [0.15, 0.2) is 34.2 Å². The zero-order valence-corrected chi connectivity index (χ0v) is 12.3. The van der Waals surface area contributed by atoms with E-state index in [1.54, 1.807) is 6.92 Å². The Hall–Kier alpha value is -2.15. The number of carbonyl (C=O) groups is 1. The molecule has 1 heterocycles. The summed E-state index contributed by atoms with van der Waals surface area (Å²) < 4.78 is 18.3. The Morgan fingerprint density at radius 1 is 1.43 bits per heavy atom. The first-order valence-corrected chi connectivity index (χ1v) is 7.05. The number of halogens is 1. The van der Waals surface area contributed by atoms with Gasteiger partial charge in [0, 0.05) is 17.3 Å². The molecule has 21 heavy (non-hydrogen) atoms. The maximum atomic E-state index is 13.5. The van der Waals surface area contributed by atoms with Crippen LogP contribution < -0.4 is 10.3 Å². The number of nitrogens with zero attached hydrogens (tertiary/aromatic N) is 1. The van der Waals surface area contributed by atoms with Crippen molar-refractivity contribution in [3.05, 3.63) is 51.7 Å². The molecular weight excluding hydrogens is 295 g/mol. The summed E-state index contributed by atoms with van der Waals surface area (Å²) in [7, 11) is 1.36. The first-order valence-electron chi connectivity index (χ1n) is 6.07. The summed E-state index contributed by atoms with van der Waals surface area (Å²) in [5.74, 6) is -0.705. The van der Waals surface area contributed by atoms with Gasteiger partial charge in [0.15, 0.2) is 22.5 Å². The smallest absolute Gasteiger partial charge is 0.251 e. The Balaban J connectivity index is 2.08. The number of nitrogens with one attached hydrogen (secondary N) is 1. The number of aromatic amines is 1. The van der Waals surface area contributed by atoms with Crippen molar-refractivity contribution in [1.29, 1.82) is 0 Å². The third-order valence-electron chi connectivity index (χ3n) is 2.66. The van der Waals surface area contributed by atoms with Gasteiger partial charge < -0.3 is 9.72 Å². The average molecular weight is 308 g/mol. The van der Waals surface area contributed by atoms with Crippen molar-refractivity contribution in [2.75, 3.05) is 12.9 Å². The predicted octanol–water partition coefficient (Wildman–Crippen LogP) is 2.20. The quantitative estimate of drug-likeness (QED) is 0.521. The Morgan fingerprint density at radius 2 is 2.19 bits per heavy atom. The second kappa shape index (κ2) is 6.53. The molecule has 0 amide bonds. The zero-order valence-electron chi connectivity index (χ0n) is 11.5. The molecule has 0 aliphatic carbocycles. The topological polar surface area (TPSA) is 72.0 Å². The summed E-state index contributed by atoms with van der Waals surface area (Å²) in [5, 5.41) is 0.363. The van der Waals surface area contributed by atoms with Gasteiger partial charge in [-0.25, -0.2) is 9.37 Å². The summed E-state index contributed by atoms with van der Waals surface area (Å²) in [6.45, 7) is 1.69. The lowest BCUT2D eigenvalue weighted by molar-refractivity contribution is 0.102. The summed E-state index contributed by atoms with van der Waals surface area (Å²) >= 11 is 1.10. The number of ketones is 1. The normalized spacial score (nSPS) is 10.4. The Kier molecular flexibility index (Phi) is 4.74. The molecule has 1 aromatic heterocycles. The third kappa shape index (κ3) is 3.91. The van der Waals surface area contributed by atoms with Crippen molar-refractivity contribution in [2.24, 2.45) is 0 Å². The largest absolute Gasteiger partial charge is 0.494 e. The van der Waals surface area contributed by atoms with Crippen LogP contribution >= 0.6 is 11.8 Å². The highest BCUT2D eigenvalue weighted by Crippen LogP contribution is 2.20. The monoisotopic (exact) mass is 308 g/mol. The highest BCUT2D eigenvalue weighted by Gasteiger charge is 2.11. The number of hydrogen-bond acceptors (Lipinski definition) is 5. The van der Waals surface area contributed by atoms with E-state index in [-0.39, 0.29) is 28.4 Å². The fraction of sp³-hybridized carbons (Fsp3) is 0.214. The molecule has 0 atom stereocenters. The lowest BCUT2D eigenvalue weighted by Gasteiger charge is -2.05. The number of thioether (sulfide) groups is 1. The van der Waals surface area contributed by atoms with Gasteiger partial charge in [-0.3, -0.25) is 9.59 Å². The van der Waals surface area contributed by atoms with E-state index in [1.165, 1.54) is 25.3 Å². The van der Waals surface area contributed by atoms with E-state index in [1.807, 2.05) is 0 Å². The molecule has 1 aromatic carbocycles. The number of aromatic nitrogens is 2. The average Bonchev–Trinajstić information content (AvgIpc) is 2.43. The van der Waals surface area contributed by atoms with Crippen molar-refractivity contribution < 1.29 is 13.9 Å². The molecule has 0 aliphatic heterocycles. The highest BCUT2D eigenvalue weighted by molar-refractivity contribution is 7.99. The van der Waals surface area contributed by atoms with Crippen molar-refractivity contribution in [2.45, 2.75) is 12.1 Å². The zero-order chi connectivity index (χ0) is 15.4.